The Hall–Kier alpha value is -4.39. The predicted octanol–water partition coefficient (Wildman–Crippen LogP) is 3.84. The van der Waals surface area contributed by atoms with E-state index in [9.17, 15) is 9.90 Å². The molecular weight excluding hydrogens is 418 g/mol. The largest absolute Gasteiger partial charge is 0.504 e. The second-order valence-electron chi connectivity index (χ2n) is 7.42. The molecule has 3 aromatic carbocycles. The zero-order valence-corrected chi connectivity index (χ0v) is 18.1. The van der Waals surface area contributed by atoms with Crippen LogP contribution >= 0.6 is 0 Å². The Labute approximate surface area is 192 Å². The highest BCUT2D eigenvalue weighted by atomic mass is 16.5. The van der Waals surface area contributed by atoms with E-state index < -0.39 is 12.1 Å². The third-order valence-corrected chi connectivity index (χ3v) is 5.25. The van der Waals surface area contributed by atoms with Gasteiger partial charge < -0.3 is 30.5 Å². The molecule has 3 aromatic rings. The highest BCUT2D eigenvalue weighted by Crippen LogP contribution is 2.34. The summed E-state index contributed by atoms with van der Waals surface area (Å²) in [6.07, 6.45) is 4.88. The summed E-state index contributed by atoms with van der Waals surface area (Å²) >= 11 is 0. The minimum absolute atomic E-state index is 0.0260. The van der Waals surface area contributed by atoms with Gasteiger partial charge in [-0.2, -0.15) is 0 Å². The van der Waals surface area contributed by atoms with Crippen LogP contribution in [0, 0.1) is 0 Å². The first-order chi connectivity index (χ1) is 16.1. The van der Waals surface area contributed by atoms with Gasteiger partial charge in [-0.05, 0) is 41.5 Å². The molecule has 4 N–H and O–H groups in total. The van der Waals surface area contributed by atoms with Gasteiger partial charge in [0.2, 0.25) is 5.91 Å². The van der Waals surface area contributed by atoms with Gasteiger partial charge in [-0.15, -0.1) is 0 Å². The van der Waals surface area contributed by atoms with Crippen molar-refractivity contribution in [3.63, 3.8) is 0 Å². The summed E-state index contributed by atoms with van der Waals surface area (Å²) in [4.78, 5) is 14.5. The van der Waals surface area contributed by atoms with E-state index in [4.69, 9.17) is 15.2 Å². The molecule has 33 heavy (non-hydrogen) atoms. The Kier molecular flexibility index (Phi) is 6.50. The molecule has 7 nitrogen and oxygen atoms in total. The highest BCUT2D eigenvalue weighted by Gasteiger charge is 2.26. The molecule has 0 saturated carbocycles. The highest BCUT2D eigenvalue weighted by molar-refractivity contribution is 6.24. The van der Waals surface area contributed by atoms with Gasteiger partial charge in [0.25, 0.3) is 0 Å². The maximum absolute atomic E-state index is 12.6. The van der Waals surface area contributed by atoms with Gasteiger partial charge in [0.05, 0.1) is 13.8 Å². The average Bonchev–Trinajstić information content (AvgIpc) is 3.36. The van der Waals surface area contributed by atoms with Crippen molar-refractivity contribution in [2.24, 2.45) is 5.73 Å². The number of nitrogens with zero attached hydrogens (tertiary/aromatic N) is 1. The number of methoxy groups -OCH3 is 1. The third kappa shape index (κ3) is 4.93. The summed E-state index contributed by atoms with van der Waals surface area (Å²) in [6.45, 7) is 0.549. The normalized spacial score (nSPS) is 14.0. The molecule has 0 spiro atoms. The van der Waals surface area contributed by atoms with Crippen LogP contribution in [0.5, 0.6) is 17.2 Å². The number of hydrogen-bond acceptors (Lipinski definition) is 6. The first-order valence-electron chi connectivity index (χ1n) is 10.4. The number of ether oxygens (including phenoxy) is 2. The number of hydrogen-bond donors (Lipinski definition) is 3. The quantitative estimate of drug-likeness (QED) is 0.362. The van der Waals surface area contributed by atoms with Crippen molar-refractivity contribution >= 4 is 17.6 Å². The van der Waals surface area contributed by atoms with Gasteiger partial charge in [-0.1, -0.05) is 48.5 Å². The summed E-state index contributed by atoms with van der Waals surface area (Å²) < 4.78 is 11.5. The van der Waals surface area contributed by atoms with Crippen LogP contribution in [0.25, 0.3) is 11.6 Å². The average molecular weight is 444 g/mol. The van der Waals surface area contributed by atoms with Crippen LogP contribution in [0.1, 0.15) is 22.9 Å². The van der Waals surface area contributed by atoms with Crippen molar-refractivity contribution in [3.8, 4) is 17.2 Å². The van der Waals surface area contributed by atoms with Crippen molar-refractivity contribution in [1.29, 1.82) is 0 Å². The molecule has 0 bridgehead atoms. The fourth-order valence-electron chi connectivity index (χ4n) is 3.66. The molecule has 7 heteroatoms. The first-order valence-corrected chi connectivity index (χ1v) is 10.4. The Morgan fingerprint density at radius 1 is 1.12 bits per heavy atom. The molecule has 1 heterocycles. The standard InChI is InChI=1S/C26H25N3O4/c1-32-24-12-11-18(16-23(24)30)15-22(25(27)31)20-9-5-6-10-21(20)26(29-14-13-28-17-29)33-19-7-3-2-4-8-19/h2-16,26,28,30H,17H2,1H3,(H2,27,31)/b22-15+. The number of primary amides is 1. The fraction of sp³-hybridized carbons (Fsp3) is 0.115. The molecule has 0 aromatic heterocycles. The zero-order valence-electron chi connectivity index (χ0n) is 18.1. The minimum atomic E-state index is -0.591. The Morgan fingerprint density at radius 3 is 2.55 bits per heavy atom. The molecule has 1 aliphatic rings. The molecule has 4 rings (SSSR count). The van der Waals surface area contributed by atoms with E-state index in [0.29, 0.717) is 34.9 Å². The monoisotopic (exact) mass is 443 g/mol. The zero-order chi connectivity index (χ0) is 23.2. The molecule has 1 atom stereocenters. The lowest BCUT2D eigenvalue weighted by Crippen LogP contribution is -2.31. The number of carbonyl (C=O) groups excluding carboxylic acids is 1. The number of benzene rings is 3. The fourth-order valence-corrected chi connectivity index (χ4v) is 3.66. The molecule has 168 valence electrons. The van der Waals surface area contributed by atoms with Gasteiger partial charge in [0.15, 0.2) is 17.7 Å². The number of aromatic hydroxyl groups is 1. The number of nitrogens with one attached hydrogen (secondary N) is 1. The number of rotatable bonds is 8. The van der Waals surface area contributed by atoms with E-state index in [0.717, 1.165) is 5.56 Å². The second kappa shape index (κ2) is 9.82. The molecule has 1 amide bonds. The van der Waals surface area contributed by atoms with E-state index in [1.807, 2.05) is 71.9 Å². The molecule has 0 fully saturated rings. The molecular formula is C26H25N3O4. The van der Waals surface area contributed by atoms with Crippen LogP contribution in [0.2, 0.25) is 0 Å². The van der Waals surface area contributed by atoms with E-state index >= 15 is 0 Å². The van der Waals surface area contributed by atoms with E-state index in [1.165, 1.54) is 13.2 Å². The lowest BCUT2D eigenvalue weighted by molar-refractivity contribution is -0.112. The lowest BCUT2D eigenvalue weighted by Gasteiger charge is -2.30. The molecule has 0 radical (unpaired) electrons. The predicted molar refractivity (Wildman–Crippen MR) is 127 cm³/mol. The van der Waals surface area contributed by atoms with E-state index in [2.05, 4.69) is 5.32 Å². The third-order valence-electron chi connectivity index (χ3n) is 5.25. The lowest BCUT2D eigenvalue weighted by atomic mass is 9.95. The van der Waals surface area contributed by atoms with Gasteiger partial charge in [0, 0.05) is 23.5 Å². The van der Waals surface area contributed by atoms with Crippen LogP contribution in [-0.2, 0) is 4.79 Å². The summed E-state index contributed by atoms with van der Waals surface area (Å²) in [6, 6.07) is 21.9. The second-order valence-corrected chi connectivity index (χ2v) is 7.42. The Balaban J connectivity index is 1.79. The van der Waals surface area contributed by atoms with E-state index in [-0.39, 0.29) is 5.75 Å². The van der Waals surface area contributed by atoms with Crippen molar-refractivity contribution in [3.05, 3.63) is 102 Å². The summed E-state index contributed by atoms with van der Waals surface area (Å²) in [5, 5.41) is 13.3. The Bertz CT molecular complexity index is 1190. The van der Waals surface area contributed by atoms with Crippen LogP contribution in [0.3, 0.4) is 0 Å². The van der Waals surface area contributed by atoms with Gasteiger partial charge in [-0.3, -0.25) is 4.79 Å². The molecule has 1 unspecified atom stereocenters. The smallest absolute Gasteiger partial charge is 0.249 e. The van der Waals surface area contributed by atoms with E-state index in [1.54, 1.807) is 18.2 Å². The molecule has 0 saturated heterocycles. The van der Waals surface area contributed by atoms with Crippen LogP contribution in [0.4, 0.5) is 0 Å². The van der Waals surface area contributed by atoms with Crippen LogP contribution in [0.15, 0.2) is 85.2 Å². The Morgan fingerprint density at radius 2 is 1.88 bits per heavy atom. The molecule has 1 aliphatic heterocycles. The van der Waals surface area contributed by atoms with Crippen molar-refractivity contribution in [2.75, 3.05) is 13.8 Å². The number of phenols is 1. The maximum Gasteiger partial charge on any atom is 0.249 e. The number of phenolic OH excluding ortho intramolecular Hbond substituents is 1. The summed E-state index contributed by atoms with van der Waals surface area (Å²) in [5.74, 6) is 0.424. The summed E-state index contributed by atoms with van der Waals surface area (Å²) in [7, 11) is 1.48. The van der Waals surface area contributed by atoms with Gasteiger partial charge in [-0.25, -0.2) is 0 Å². The van der Waals surface area contributed by atoms with Crippen molar-refractivity contribution in [2.45, 2.75) is 6.23 Å². The van der Waals surface area contributed by atoms with Gasteiger partial charge in [0.1, 0.15) is 5.75 Å². The topological polar surface area (TPSA) is 97.0 Å². The maximum atomic E-state index is 12.6. The minimum Gasteiger partial charge on any atom is -0.504 e. The van der Waals surface area contributed by atoms with Gasteiger partial charge >= 0.3 is 0 Å². The van der Waals surface area contributed by atoms with Crippen molar-refractivity contribution < 1.29 is 19.4 Å². The van der Waals surface area contributed by atoms with Crippen molar-refractivity contribution in [1.82, 2.24) is 10.2 Å². The first kappa shape index (κ1) is 21.8. The van der Waals surface area contributed by atoms with Crippen LogP contribution < -0.4 is 20.5 Å². The molecule has 0 aliphatic carbocycles. The number of carbonyl (C=O) groups is 1. The summed E-state index contributed by atoms with van der Waals surface area (Å²) in [5.41, 5.74) is 8.14. The number of para-hydroxylation sites is 1. The number of nitrogens with two attached hydrogens (primary N) is 1. The number of amides is 1. The van der Waals surface area contributed by atoms with Crippen LogP contribution in [-0.4, -0.2) is 29.7 Å². The SMILES string of the molecule is COc1ccc(/C=C(/C(N)=O)c2ccccc2C(Oc2ccccc2)N2C=CNC2)cc1O.